The van der Waals surface area contributed by atoms with Crippen LogP contribution >= 0.6 is 23.4 Å². The Hall–Kier alpha value is -3.23. The molecule has 0 spiro atoms. The Morgan fingerprint density at radius 1 is 1.07 bits per heavy atom. The molecule has 0 aliphatic heterocycles. The van der Waals surface area contributed by atoms with E-state index in [1.54, 1.807) is 13.8 Å². The summed E-state index contributed by atoms with van der Waals surface area (Å²) >= 11 is 7.76. The Kier molecular flexibility index (Phi) is 10.0. The van der Waals surface area contributed by atoms with Gasteiger partial charge >= 0.3 is 12.4 Å². The molecular formula is C26H25ClF6N4O3S. The minimum atomic E-state index is -5.14. The standard InChI is InChI=1S/C26H25ClF6N4O3S/c1-13-9-15(19(38)11-37-21(26(31,32)33)10-20(36-37)25(28,29)30)7-8-18(13)35-23(39)16-5-4-6-17(27)22(16)24(40)34-14(2)12-41-3/h4-10,14,19,38H,11-12H2,1-3H3,(H,34,40)(H,35,39). The van der Waals surface area contributed by atoms with Crippen molar-refractivity contribution in [2.75, 3.05) is 17.3 Å². The SMILES string of the molecule is CSCC(C)NC(=O)c1c(Cl)cccc1C(=O)Nc1ccc(C(O)Cn2nc(C(F)(F)F)cc2C(F)(F)F)cc1C. The lowest BCUT2D eigenvalue weighted by Gasteiger charge is -2.18. The highest BCUT2D eigenvalue weighted by Crippen LogP contribution is 2.36. The molecule has 222 valence electrons. The van der Waals surface area contributed by atoms with Crippen molar-refractivity contribution in [2.45, 2.75) is 44.9 Å². The first-order valence-corrected chi connectivity index (χ1v) is 13.7. The number of aromatic nitrogens is 2. The number of halogens is 7. The average Bonchev–Trinajstić information content (AvgIpc) is 3.30. The quantitative estimate of drug-likeness (QED) is 0.242. The van der Waals surface area contributed by atoms with Gasteiger partial charge in [0.1, 0.15) is 5.69 Å². The van der Waals surface area contributed by atoms with Crippen LogP contribution in [0.15, 0.2) is 42.5 Å². The second-order valence-electron chi connectivity index (χ2n) is 9.13. The molecule has 0 fully saturated rings. The maximum atomic E-state index is 13.3. The fraction of sp³-hybridized carbons (Fsp3) is 0.346. The number of amides is 2. The van der Waals surface area contributed by atoms with Crippen molar-refractivity contribution in [3.8, 4) is 0 Å². The van der Waals surface area contributed by atoms with Crippen LogP contribution in [-0.4, -0.2) is 44.8 Å². The number of carbonyl (C=O) groups excluding carboxylic acids is 2. The number of rotatable bonds is 9. The van der Waals surface area contributed by atoms with Gasteiger partial charge in [-0.2, -0.15) is 43.2 Å². The van der Waals surface area contributed by atoms with Gasteiger partial charge in [0.25, 0.3) is 11.8 Å². The molecular weight excluding hydrogens is 598 g/mol. The second-order valence-corrected chi connectivity index (χ2v) is 10.4. The number of hydrogen-bond donors (Lipinski definition) is 3. The van der Waals surface area contributed by atoms with Crippen molar-refractivity contribution in [1.29, 1.82) is 0 Å². The van der Waals surface area contributed by atoms with Crippen molar-refractivity contribution in [3.63, 3.8) is 0 Å². The number of hydrogen-bond acceptors (Lipinski definition) is 5. The summed E-state index contributed by atoms with van der Waals surface area (Å²) in [7, 11) is 0. The van der Waals surface area contributed by atoms with E-state index in [-0.39, 0.29) is 44.2 Å². The summed E-state index contributed by atoms with van der Waals surface area (Å²) in [6.07, 6.45) is -10.0. The van der Waals surface area contributed by atoms with E-state index < -0.39 is 48.2 Å². The van der Waals surface area contributed by atoms with Crippen molar-refractivity contribution in [3.05, 3.63) is 81.1 Å². The molecule has 15 heteroatoms. The molecule has 0 radical (unpaired) electrons. The summed E-state index contributed by atoms with van der Waals surface area (Å²) in [5.74, 6) is -0.572. The molecule has 41 heavy (non-hydrogen) atoms. The van der Waals surface area contributed by atoms with Crippen LogP contribution in [0.3, 0.4) is 0 Å². The first-order valence-electron chi connectivity index (χ1n) is 11.9. The van der Waals surface area contributed by atoms with Gasteiger partial charge < -0.3 is 15.7 Å². The minimum absolute atomic E-state index is 0.00584. The third-order valence-corrected chi connectivity index (χ3v) is 7.02. The lowest BCUT2D eigenvalue weighted by Crippen LogP contribution is -2.35. The number of nitrogens with zero attached hydrogens (tertiary/aromatic N) is 2. The smallest absolute Gasteiger partial charge is 0.386 e. The number of alkyl halides is 6. The predicted molar refractivity (Wildman–Crippen MR) is 143 cm³/mol. The summed E-state index contributed by atoms with van der Waals surface area (Å²) in [5, 5.41) is 19.0. The molecule has 2 unspecified atom stereocenters. The largest absolute Gasteiger partial charge is 0.435 e. The van der Waals surface area contributed by atoms with Crippen LogP contribution < -0.4 is 10.6 Å². The third-order valence-electron chi connectivity index (χ3n) is 5.87. The molecule has 0 aliphatic rings. The van der Waals surface area contributed by atoms with Gasteiger partial charge in [0.2, 0.25) is 0 Å². The van der Waals surface area contributed by atoms with E-state index in [0.29, 0.717) is 11.3 Å². The molecule has 2 amide bonds. The summed E-state index contributed by atoms with van der Waals surface area (Å²) in [5.41, 5.74) is -2.72. The number of aliphatic hydroxyl groups is 1. The van der Waals surface area contributed by atoms with E-state index in [1.807, 2.05) is 6.26 Å². The van der Waals surface area contributed by atoms with Crippen molar-refractivity contribution >= 4 is 40.9 Å². The van der Waals surface area contributed by atoms with Crippen LogP contribution in [0.2, 0.25) is 5.02 Å². The predicted octanol–water partition coefficient (Wildman–Crippen LogP) is 6.35. The number of nitrogens with one attached hydrogen (secondary N) is 2. The van der Waals surface area contributed by atoms with Gasteiger partial charge in [0.15, 0.2) is 5.69 Å². The van der Waals surface area contributed by atoms with Crippen molar-refractivity contribution in [2.24, 2.45) is 0 Å². The van der Waals surface area contributed by atoms with E-state index in [1.165, 1.54) is 48.2 Å². The monoisotopic (exact) mass is 622 g/mol. The van der Waals surface area contributed by atoms with Crippen molar-refractivity contribution < 1.29 is 41.0 Å². The zero-order valence-corrected chi connectivity index (χ0v) is 23.4. The maximum Gasteiger partial charge on any atom is 0.435 e. The number of benzene rings is 2. The van der Waals surface area contributed by atoms with Gasteiger partial charge in [-0.3, -0.25) is 14.3 Å². The van der Waals surface area contributed by atoms with Gasteiger partial charge in [-0.25, -0.2) is 0 Å². The fourth-order valence-corrected chi connectivity index (χ4v) is 4.79. The molecule has 0 bridgehead atoms. The lowest BCUT2D eigenvalue weighted by atomic mass is 10.0. The zero-order valence-electron chi connectivity index (χ0n) is 21.8. The molecule has 3 aromatic rings. The van der Waals surface area contributed by atoms with Crippen LogP contribution in [0.5, 0.6) is 0 Å². The van der Waals surface area contributed by atoms with E-state index >= 15 is 0 Å². The molecule has 1 heterocycles. The number of anilines is 1. The Morgan fingerprint density at radius 2 is 1.76 bits per heavy atom. The van der Waals surface area contributed by atoms with Crippen LogP contribution in [-0.2, 0) is 18.9 Å². The Balaban J connectivity index is 1.82. The summed E-state index contributed by atoms with van der Waals surface area (Å²) in [4.78, 5) is 26.0. The molecule has 7 nitrogen and oxygen atoms in total. The van der Waals surface area contributed by atoms with Gasteiger partial charge in [-0.1, -0.05) is 29.8 Å². The average molecular weight is 623 g/mol. The molecule has 3 N–H and O–H groups in total. The van der Waals surface area contributed by atoms with E-state index in [2.05, 4.69) is 15.7 Å². The molecule has 3 rings (SSSR count). The van der Waals surface area contributed by atoms with Crippen LogP contribution in [0.25, 0.3) is 0 Å². The number of thioether (sulfide) groups is 1. The molecule has 2 aromatic carbocycles. The first kappa shape index (κ1) is 32.3. The van der Waals surface area contributed by atoms with Gasteiger partial charge in [-0.05, 0) is 49.4 Å². The Labute approximate surface area is 240 Å². The Bertz CT molecular complexity index is 1430. The van der Waals surface area contributed by atoms with Crippen LogP contribution in [0, 0.1) is 6.92 Å². The van der Waals surface area contributed by atoms with E-state index in [4.69, 9.17) is 11.6 Å². The summed E-state index contributed by atoms with van der Waals surface area (Å²) < 4.78 is 78.8. The molecule has 0 saturated carbocycles. The topological polar surface area (TPSA) is 96.3 Å². The highest BCUT2D eigenvalue weighted by Gasteiger charge is 2.42. The molecule has 2 atom stereocenters. The number of aryl methyl sites for hydroxylation is 1. The van der Waals surface area contributed by atoms with Gasteiger partial charge in [0, 0.05) is 23.5 Å². The van der Waals surface area contributed by atoms with Gasteiger partial charge in [-0.15, -0.1) is 0 Å². The van der Waals surface area contributed by atoms with Crippen molar-refractivity contribution in [1.82, 2.24) is 15.1 Å². The molecule has 0 aliphatic carbocycles. The number of carbonyl (C=O) groups is 2. The summed E-state index contributed by atoms with van der Waals surface area (Å²) in [6.45, 7) is 2.43. The van der Waals surface area contributed by atoms with E-state index in [0.717, 1.165) is 0 Å². The molecule has 1 aromatic heterocycles. The normalized spacial score (nSPS) is 13.5. The third kappa shape index (κ3) is 7.95. The number of aliphatic hydroxyl groups excluding tert-OH is 1. The van der Waals surface area contributed by atoms with Crippen LogP contribution in [0.4, 0.5) is 32.0 Å². The highest BCUT2D eigenvalue weighted by molar-refractivity contribution is 7.98. The Morgan fingerprint density at radius 3 is 2.34 bits per heavy atom. The molecule has 0 saturated heterocycles. The first-order chi connectivity index (χ1) is 19.0. The maximum absolute atomic E-state index is 13.3. The zero-order chi connectivity index (χ0) is 30.7. The van der Waals surface area contributed by atoms with Gasteiger partial charge in [0.05, 0.1) is 28.8 Å². The minimum Gasteiger partial charge on any atom is -0.386 e. The lowest BCUT2D eigenvalue weighted by molar-refractivity contribution is -0.144. The second kappa shape index (κ2) is 12.7. The summed E-state index contributed by atoms with van der Waals surface area (Å²) in [6, 6.07) is 8.09. The van der Waals surface area contributed by atoms with E-state index in [9.17, 15) is 41.0 Å². The highest BCUT2D eigenvalue weighted by atomic mass is 35.5. The fourth-order valence-electron chi connectivity index (χ4n) is 3.95. The van der Waals surface area contributed by atoms with Crippen LogP contribution in [0.1, 0.15) is 56.3 Å².